The summed E-state index contributed by atoms with van der Waals surface area (Å²) in [7, 11) is 1.67. The smallest absolute Gasteiger partial charge is 0.234 e. The summed E-state index contributed by atoms with van der Waals surface area (Å²) < 4.78 is 7.26. The SMILES string of the molecule is COCCn1c(SC(C)C(=O)NC2(C#N)CCCCC2)nc(C)c1C. The summed E-state index contributed by atoms with van der Waals surface area (Å²) in [6, 6.07) is 2.34. The van der Waals surface area contributed by atoms with Gasteiger partial charge in [-0.3, -0.25) is 4.79 Å². The molecule has 1 fully saturated rings. The molecule has 0 aromatic carbocycles. The molecule has 1 saturated carbocycles. The van der Waals surface area contributed by atoms with Crippen LogP contribution in [0.2, 0.25) is 0 Å². The summed E-state index contributed by atoms with van der Waals surface area (Å²) in [5, 5.41) is 13.1. The molecule has 1 atom stereocenters. The number of carbonyl (C=O) groups is 1. The van der Waals surface area contributed by atoms with Gasteiger partial charge in [-0.05, 0) is 33.6 Å². The van der Waals surface area contributed by atoms with Gasteiger partial charge >= 0.3 is 0 Å². The van der Waals surface area contributed by atoms with Crippen LogP contribution < -0.4 is 5.32 Å². The van der Waals surface area contributed by atoms with Crippen molar-refractivity contribution < 1.29 is 9.53 Å². The molecular weight excluding hydrogens is 336 g/mol. The van der Waals surface area contributed by atoms with Crippen LogP contribution >= 0.6 is 11.8 Å². The summed E-state index contributed by atoms with van der Waals surface area (Å²) in [6.45, 7) is 7.18. The quantitative estimate of drug-likeness (QED) is 0.753. The Morgan fingerprint density at radius 3 is 2.72 bits per heavy atom. The molecule has 138 valence electrons. The second kappa shape index (κ2) is 8.72. The number of hydrogen-bond acceptors (Lipinski definition) is 5. The van der Waals surface area contributed by atoms with Gasteiger partial charge in [-0.2, -0.15) is 5.26 Å². The average Bonchev–Trinajstić information content (AvgIpc) is 2.87. The molecule has 1 unspecified atom stereocenters. The molecule has 0 spiro atoms. The summed E-state index contributed by atoms with van der Waals surface area (Å²) in [5.41, 5.74) is 1.36. The minimum atomic E-state index is -0.693. The van der Waals surface area contributed by atoms with Crippen molar-refractivity contribution in [3.63, 3.8) is 0 Å². The number of nitriles is 1. The third kappa shape index (κ3) is 4.77. The first-order chi connectivity index (χ1) is 11.9. The van der Waals surface area contributed by atoms with E-state index in [2.05, 4.69) is 20.9 Å². The molecule has 1 aromatic rings. The predicted octanol–water partition coefficient (Wildman–Crippen LogP) is 2.97. The van der Waals surface area contributed by atoms with Crippen molar-refractivity contribution >= 4 is 17.7 Å². The van der Waals surface area contributed by atoms with Gasteiger partial charge in [-0.25, -0.2) is 4.98 Å². The second-order valence-corrected chi connectivity index (χ2v) is 8.02. The molecule has 2 rings (SSSR count). The van der Waals surface area contributed by atoms with Gasteiger partial charge in [-0.15, -0.1) is 0 Å². The number of carbonyl (C=O) groups excluding carboxylic acids is 1. The van der Waals surface area contributed by atoms with Gasteiger partial charge in [0.15, 0.2) is 5.16 Å². The van der Waals surface area contributed by atoms with E-state index in [1.54, 1.807) is 7.11 Å². The van der Waals surface area contributed by atoms with Gasteiger partial charge in [0.1, 0.15) is 5.54 Å². The number of amides is 1. The zero-order valence-corrected chi connectivity index (χ0v) is 16.4. The van der Waals surface area contributed by atoms with Crippen molar-refractivity contribution in [2.75, 3.05) is 13.7 Å². The molecule has 0 radical (unpaired) electrons. The van der Waals surface area contributed by atoms with E-state index in [0.29, 0.717) is 13.2 Å². The third-order valence-electron chi connectivity index (χ3n) is 4.88. The van der Waals surface area contributed by atoms with Crippen LogP contribution in [0.4, 0.5) is 0 Å². The van der Waals surface area contributed by atoms with Crippen LogP contribution in [0, 0.1) is 25.2 Å². The second-order valence-electron chi connectivity index (χ2n) is 6.71. The van der Waals surface area contributed by atoms with Crippen molar-refractivity contribution in [1.29, 1.82) is 5.26 Å². The van der Waals surface area contributed by atoms with E-state index in [1.807, 2.05) is 20.8 Å². The molecule has 0 saturated heterocycles. The summed E-state index contributed by atoms with van der Waals surface area (Å²) in [6.07, 6.45) is 4.62. The number of methoxy groups -OCH3 is 1. The topological polar surface area (TPSA) is 79.9 Å². The van der Waals surface area contributed by atoms with Crippen molar-refractivity contribution in [3.8, 4) is 6.07 Å². The average molecular weight is 365 g/mol. The molecule has 1 aliphatic carbocycles. The first-order valence-electron chi connectivity index (χ1n) is 8.85. The van der Waals surface area contributed by atoms with Gasteiger partial charge < -0.3 is 14.6 Å². The first kappa shape index (κ1) is 19.8. The van der Waals surface area contributed by atoms with E-state index < -0.39 is 5.54 Å². The van der Waals surface area contributed by atoms with Gasteiger partial charge in [0.2, 0.25) is 5.91 Å². The zero-order chi connectivity index (χ0) is 18.4. The summed E-state index contributed by atoms with van der Waals surface area (Å²) >= 11 is 1.44. The fraction of sp³-hybridized carbons (Fsp3) is 0.722. The molecule has 0 bridgehead atoms. The van der Waals surface area contributed by atoms with Crippen molar-refractivity contribution in [3.05, 3.63) is 11.4 Å². The monoisotopic (exact) mass is 364 g/mol. The Morgan fingerprint density at radius 2 is 2.12 bits per heavy atom. The number of nitrogens with zero attached hydrogens (tertiary/aromatic N) is 3. The van der Waals surface area contributed by atoms with Crippen LogP contribution in [-0.2, 0) is 16.1 Å². The Hall–Kier alpha value is -1.52. The fourth-order valence-corrected chi connectivity index (χ4v) is 4.16. The van der Waals surface area contributed by atoms with Gasteiger partial charge in [-0.1, -0.05) is 31.0 Å². The molecule has 1 heterocycles. The van der Waals surface area contributed by atoms with Crippen molar-refractivity contribution in [1.82, 2.24) is 14.9 Å². The van der Waals surface area contributed by atoms with Crippen LogP contribution in [0.3, 0.4) is 0 Å². The normalized spacial score (nSPS) is 17.7. The molecule has 1 aromatic heterocycles. The minimum Gasteiger partial charge on any atom is -0.383 e. The third-order valence-corrected chi connectivity index (χ3v) is 5.97. The van der Waals surface area contributed by atoms with E-state index in [1.165, 1.54) is 11.8 Å². The number of aryl methyl sites for hydroxylation is 1. The Bertz CT molecular complexity index is 644. The van der Waals surface area contributed by atoms with Gasteiger partial charge in [0.05, 0.1) is 23.6 Å². The highest BCUT2D eigenvalue weighted by Gasteiger charge is 2.35. The van der Waals surface area contributed by atoms with Crippen LogP contribution in [0.5, 0.6) is 0 Å². The maximum atomic E-state index is 12.7. The molecule has 0 aliphatic heterocycles. The Kier molecular flexibility index (Phi) is 6.91. The lowest BCUT2D eigenvalue weighted by Gasteiger charge is -2.32. The molecule has 6 nitrogen and oxygen atoms in total. The lowest BCUT2D eigenvalue weighted by atomic mass is 9.83. The van der Waals surface area contributed by atoms with E-state index >= 15 is 0 Å². The summed E-state index contributed by atoms with van der Waals surface area (Å²) in [4.78, 5) is 17.2. The van der Waals surface area contributed by atoms with Crippen molar-refractivity contribution in [2.45, 2.75) is 75.4 Å². The number of nitrogens with one attached hydrogen (secondary N) is 1. The van der Waals surface area contributed by atoms with Crippen molar-refractivity contribution in [2.24, 2.45) is 0 Å². The number of imidazole rings is 1. The molecule has 25 heavy (non-hydrogen) atoms. The van der Waals surface area contributed by atoms with Crippen LogP contribution in [0.15, 0.2) is 5.16 Å². The van der Waals surface area contributed by atoms with Gasteiger partial charge in [0, 0.05) is 19.3 Å². The van der Waals surface area contributed by atoms with Crippen LogP contribution in [0.25, 0.3) is 0 Å². The van der Waals surface area contributed by atoms with E-state index in [9.17, 15) is 10.1 Å². The summed E-state index contributed by atoms with van der Waals surface area (Å²) in [5.74, 6) is -0.0925. The lowest BCUT2D eigenvalue weighted by Crippen LogP contribution is -2.51. The maximum Gasteiger partial charge on any atom is 0.234 e. The first-order valence-corrected chi connectivity index (χ1v) is 9.73. The largest absolute Gasteiger partial charge is 0.383 e. The van der Waals surface area contributed by atoms with Gasteiger partial charge in [0.25, 0.3) is 0 Å². The zero-order valence-electron chi connectivity index (χ0n) is 15.6. The Morgan fingerprint density at radius 1 is 1.44 bits per heavy atom. The molecule has 1 amide bonds. The number of hydrogen-bond donors (Lipinski definition) is 1. The standard InChI is InChI=1S/C18H28N4O2S/c1-13-14(2)22(10-11-24-4)17(20-13)25-15(3)16(23)21-18(12-19)8-6-5-7-9-18/h15H,5-11H2,1-4H3,(H,21,23). The Labute approximate surface area is 154 Å². The maximum absolute atomic E-state index is 12.7. The fourth-order valence-electron chi connectivity index (χ4n) is 3.13. The molecule has 1 aliphatic rings. The number of ether oxygens (including phenoxy) is 1. The number of rotatable bonds is 7. The van der Waals surface area contributed by atoms with E-state index in [4.69, 9.17) is 4.74 Å². The van der Waals surface area contributed by atoms with Crippen LogP contribution in [0.1, 0.15) is 50.4 Å². The Balaban J connectivity index is 2.06. The van der Waals surface area contributed by atoms with Crippen LogP contribution in [-0.4, -0.2) is 40.0 Å². The highest BCUT2D eigenvalue weighted by atomic mass is 32.2. The highest BCUT2D eigenvalue weighted by molar-refractivity contribution is 8.00. The van der Waals surface area contributed by atoms with E-state index in [0.717, 1.165) is 48.6 Å². The molecule has 1 N–H and O–H groups in total. The highest BCUT2D eigenvalue weighted by Crippen LogP contribution is 2.30. The predicted molar refractivity (Wildman–Crippen MR) is 98.5 cm³/mol. The molecular formula is C18H28N4O2S. The van der Waals surface area contributed by atoms with E-state index in [-0.39, 0.29) is 11.2 Å². The number of thioether (sulfide) groups is 1. The minimum absolute atomic E-state index is 0.0925. The molecule has 7 heteroatoms. The lowest BCUT2D eigenvalue weighted by molar-refractivity contribution is -0.121. The number of aromatic nitrogens is 2.